The second kappa shape index (κ2) is 5.92. The van der Waals surface area contributed by atoms with Crippen molar-refractivity contribution in [3.05, 3.63) is 60.0 Å². The topological polar surface area (TPSA) is 77.2 Å². The average molecular weight is 309 g/mol. The molecule has 116 valence electrons. The zero-order valence-corrected chi connectivity index (χ0v) is 12.7. The van der Waals surface area contributed by atoms with Gasteiger partial charge in [-0.1, -0.05) is 0 Å². The Kier molecular flexibility index (Phi) is 3.80. The molecule has 0 atom stereocenters. The van der Waals surface area contributed by atoms with Gasteiger partial charge in [0, 0.05) is 31.1 Å². The SMILES string of the molecule is Cc1cc(Oc2ccnc(-c3cnn(C)c3)c2)cc(C(=O)O)c1. The predicted molar refractivity (Wildman–Crippen MR) is 84.7 cm³/mol. The van der Waals surface area contributed by atoms with Crippen LogP contribution in [0.5, 0.6) is 11.5 Å². The first-order chi connectivity index (χ1) is 11.0. The van der Waals surface area contributed by atoms with Crippen molar-refractivity contribution in [3.8, 4) is 22.8 Å². The van der Waals surface area contributed by atoms with Crippen molar-refractivity contribution in [2.75, 3.05) is 0 Å². The van der Waals surface area contributed by atoms with E-state index < -0.39 is 5.97 Å². The van der Waals surface area contributed by atoms with E-state index in [-0.39, 0.29) is 5.56 Å². The van der Waals surface area contributed by atoms with Crippen LogP contribution in [0.1, 0.15) is 15.9 Å². The fourth-order valence-corrected chi connectivity index (χ4v) is 2.25. The van der Waals surface area contributed by atoms with Gasteiger partial charge in [-0.15, -0.1) is 0 Å². The van der Waals surface area contributed by atoms with E-state index in [2.05, 4.69) is 10.1 Å². The lowest BCUT2D eigenvalue weighted by Crippen LogP contribution is -1.97. The Morgan fingerprint density at radius 1 is 1.22 bits per heavy atom. The summed E-state index contributed by atoms with van der Waals surface area (Å²) < 4.78 is 7.49. The first kappa shape index (κ1) is 14.8. The molecular weight excluding hydrogens is 294 g/mol. The molecule has 0 saturated heterocycles. The van der Waals surface area contributed by atoms with E-state index in [1.807, 2.05) is 20.2 Å². The highest BCUT2D eigenvalue weighted by atomic mass is 16.5. The van der Waals surface area contributed by atoms with Crippen molar-refractivity contribution in [2.24, 2.45) is 7.05 Å². The lowest BCUT2D eigenvalue weighted by molar-refractivity contribution is 0.0696. The molecule has 6 heteroatoms. The van der Waals surface area contributed by atoms with Gasteiger partial charge in [0.25, 0.3) is 0 Å². The Morgan fingerprint density at radius 3 is 2.74 bits per heavy atom. The van der Waals surface area contributed by atoms with Crippen LogP contribution >= 0.6 is 0 Å². The molecule has 3 rings (SSSR count). The lowest BCUT2D eigenvalue weighted by atomic mass is 10.1. The number of hydrogen-bond donors (Lipinski definition) is 1. The summed E-state index contributed by atoms with van der Waals surface area (Å²) in [7, 11) is 1.84. The summed E-state index contributed by atoms with van der Waals surface area (Å²) in [6.07, 6.45) is 5.23. The standard InChI is InChI=1S/C17H15N3O3/c1-11-5-12(17(21)22)7-15(6-11)23-14-3-4-18-16(8-14)13-9-19-20(2)10-13/h3-10H,1-2H3,(H,21,22). The summed E-state index contributed by atoms with van der Waals surface area (Å²) >= 11 is 0. The van der Waals surface area contributed by atoms with Gasteiger partial charge in [-0.2, -0.15) is 5.10 Å². The maximum Gasteiger partial charge on any atom is 0.335 e. The molecule has 1 aromatic carbocycles. The number of benzene rings is 1. The van der Waals surface area contributed by atoms with Gasteiger partial charge in [-0.25, -0.2) is 4.79 Å². The number of aryl methyl sites for hydroxylation is 2. The largest absolute Gasteiger partial charge is 0.478 e. The van der Waals surface area contributed by atoms with Crippen LogP contribution in [0.25, 0.3) is 11.3 Å². The monoisotopic (exact) mass is 309 g/mol. The molecule has 0 amide bonds. The molecule has 0 fully saturated rings. The summed E-state index contributed by atoms with van der Waals surface area (Å²) in [4.78, 5) is 15.4. The minimum absolute atomic E-state index is 0.196. The summed E-state index contributed by atoms with van der Waals surface area (Å²) in [5, 5.41) is 13.2. The third kappa shape index (κ3) is 3.37. The average Bonchev–Trinajstić information content (AvgIpc) is 2.93. The minimum Gasteiger partial charge on any atom is -0.478 e. The summed E-state index contributed by atoms with van der Waals surface area (Å²) in [5.74, 6) is 0.0795. The zero-order valence-electron chi connectivity index (χ0n) is 12.7. The second-order valence-corrected chi connectivity index (χ2v) is 5.22. The van der Waals surface area contributed by atoms with Gasteiger partial charge < -0.3 is 9.84 Å². The van der Waals surface area contributed by atoms with Gasteiger partial charge in [0.05, 0.1) is 17.5 Å². The van der Waals surface area contributed by atoms with Gasteiger partial charge >= 0.3 is 5.97 Å². The number of carboxylic acid groups (broad SMARTS) is 1. The Balaban J connectivity index is 1.90. The number of aromatic carboxylic acids is 1. The van der Waals surface area contributed by atoms with Crippen LogP contribution in [-0.4, -0.2) is 25.8 Å². The van der Waals surface area contributed by atoms with Gasteiger partial charge in [0.1, 0.15) is 11.5 Å². The third-order valence-corrected chi connectivity index (χ3v) is 3.27. The second-order valence-electron chi connectivity index (χ2n) is 5.22. The van der Waals surface area contributed by atoms with Gasteiger partial charge in [0.15, 0.2) is 0 Å². The molecule has 0 aliphatic rings. The fraction of sp³-hybridized carbons (Fsp3) is 0.118. The number of hydrogen-bond acceptors (Lipinski definition) is 4. The third-order valence-electron chi connectivity index (χ3n) is 3.27. The summed E-state index contributed by atoms with van der Waals surface area (Å²) in [6, 6.07) is 8.40. The number of carbonyl (C=O) groups is 1. The quantitative estimate of drug-likeness (QED) is 0.800. The first-order valence-electron chi connectivity index (χ1n) is 6.99. The van der Waals surface area contributed by atoms with Crippen molar-refractivity contribution in [1.82, 2.24) is 14.8 Å². The maximum atomic E-state index is 11.1. The van der Waals surface area contributed by atoms with Crippen molar-refractivity contribution in [2.45, 2.75) is 6.92 Å². The maximum absolute atomic E-state index is 11.1. The first-order valence-corrected chi connectivity index (χ1v) is 6.99. The van der Waals surface area contributed by atoms with Crippen LogP contribution in [0.4, 0.5) is 0 Å². The van der Waals surface area contributed by atoms with Crippen LogP contribution in [0.3, 0.4) is 0 Å². The number of aromatic nitrogens is 3. The highest BCUT2D eigenvalue weighted by molar-refractivity contribution is 5.88. The van der Waals surface area contributed by atoms with E-state index in [1.54, 1.807) is 41.3 Å². The summed E-state index contributed by atoms with van der Waals surface area (Å²) in [5.41, 5.74) is 2.64. The Hall–Kier alpha value is -3.15. The Morgan fingerprint density at radius 2 is 2.04 bits per heavy atom. The normalized spacial score (nSPS) is 10.5. The molecular formula is C17H15N3O3. The molecule has 6 nitrogen and oxygen atoms in total. The molecule has 0 radical (unpaired) electrons. The van der Waals surface area contributed by atoms with E-state index in [4.69, 9.17) is 9.84 Å². The number of rotatable bonds is 4. The lowest BCUT2D eigenvalue weighted by Gasteiger charge is -2.08. The van der Waals surface area contributed by atoms with Gasteiger partial charge in [-0.3, -0.25) is 9.67 Å². The minimum atomic E-state index is -0.982. The molecule has 0 aliphatic carbocycles. The molecule has 23 heavy (non-hydrogen) atoms. The number of pyridine rings is 1. The van der Waals surface area contributed by atoms with E-state index in [9.17, 15) is 4.79 Å². The molecule has 0 unspecified atom stereocenters. The zero-order chi connectivity index (χ0) is 16.4. The van der Waals surface area contributed by atoms with Crippen LogP contribution in [0.2, 0.25) is 0 Å². The molecule has 3 aromatic rings. The van der Waals surface area contributed by atoms with Crippen molar-refractivity contribution < 1.29 is 14.6 Å². The van der Waals surface area contributed by atoms with Crippen LogP contribution in [0.15, 0.2) is 48.9 Å². The van der Waals surface area contributed by atoms with Crippen molar-refractivity contribution >= 4 is 5.97 Å². The molecule has 0 bridgehead atoms. The Bertz CT molecular complexity index is 871. The molecule has 1 N–H and O–H groups in total. The number of carboxylic acids is 1. The van der Waals surface area contributed by atoms with E-state index in [1.165, 1.54) is 6.07 Å². The highest BCUT2D eigenvalue weighted by Crippen LogP contribution is 2.27. The Labute approximate surface area is 133 Å². The number of ether oxygens (including phenoxy) is 1. The molecule has 2 aromatic heterocycles. The van der Waals surface area contributed by atoms with Crippen LogP contribution < -0.4 is 4.74 Å². The van der Waals surface area contributed by atoms with E-state index >= 15 is 0 Å². The predicted octanol–water partition coefficient (Wildman–Crippen LogP) is 3.28. The van der Waals surface area contributed by atoms with Crippen LogP contribution in [-0.2, 0) is 7.05 Å². The smallest absolute Gasteiger partial charge is 0.335 e. The van der Waals surface area contributed by atoms with Gasteiger partial charge in [-0.05, 0) is 36.8 Å². The van der Waals surface area contributed by atoms with Gasteiger partial charge in [0.2, 0.25) is 0 Å². The molecule has 0 saturated carbocycles. The molecule has 0 aliphatic heterocycles. The molecule has 0 spiro atoms. The van der Waals surface area contributed by atoms with Crippen molar-refractivity contribution in [3.63, 3.8) is 0 Å². The van der Waals surface area contributed by atoms with Crippen LogP contribution in [0, 0.1) is 6.92 Å². The van der Waals surface area contributed by atoms with E-state index in [0.29, 0.717) is 11.5 Å². The van der Waals surface area contributed by atoms with E-state index in [0.717, 1.165) is 16.8 Å². The fourth-order valence-electron chi connectivity index (χ4n) is 2.25. The number of nitrogens with zero attached hydrogens (tertiary/aromatic N) is 3. The molecule has 2 heterocycles. The highest BCUT2D eigenvalue weighted by Gasteiger charge is 2.08. The summed E-state index contributed by atoms with van der Waals surface area (Å²) in [6.45, 7) is 1.83. The van der Waals surface area contributed by atoms with Crippen molar-refractivity contribution in [1.29, 1.82) is 0 Å².